The molecule has 5 heteroatoms. The normalized spacial score (nSPS) is 14.3. The van der Waals surface area contributed by atoms with E-state index in [-0.39, 0.29) is 18.9 Å². The molecule has 4 N–H and O–H groups in total. The second kappa shape index (κ2) is 33.5. The molecule has 43 heavy (non-hydrogen) atoms. The average Bonchev–Trinajstić information content (AvgIpc) is 3.00. The maximum absolute atomic E-state index is 12.3. The second-order valence-corrected chi connectivity index (χ2v) is 12.5. The molecule has 0 aromatic rings. The van der Waals surface area contributed by atoms with Crippen LogP contribution in [0.1, 0.15) is 174 Å². The van der Waals surface area contributed by atoms with Crippen molar-refractivity contribution in [1.82, 2.24) is 5.32 Å². The van der Waals surface area contributed by atoms with E-state index >= 15 is 0 Å². The van der Waals surface area contributed by atoms with Crippen molar-refractivity contribution in [3.8, 4) is 0 Å². The van der Waals surface area contributed by atoms with E-state index in [4.69, 9.17) is 0 Å². The molecule has 0 radical (unpaired) electrons. The lowest BCUT2D eigenvalue weighted by Gasteiger charge is -2.21. The van der Waals surface area contributed by atoms with Gasteiger partial charge in [-0.05, 0) is 44.9 Å². The van der Waals surface area contributed by atoms with Crippen LogP contribution in [0.5, 0.6) is 0 Å². The molecule has 5 nitrogen and oxygen atoms in total. The molecule has 0 aliphatic rings. The zero-order valence-corrected chi connectivity index (χ0v) is 28.3. The van der Waals surface area contributed by atoms with Gasteiger partial charge in [-0.3, -0.25) is 4.79 Å². The molecule has 0 fully saturated rings. The summed E-state index contributed by atoms with van der Waals surface area (Å²) < 4.78 is 0. The Morgan fingerprint density at radius 2 is 1.00 bits per heavy atom. The minimum absolute atomic E-state index is 0.00423. The molecule has 0 saturated carbocycles. The van der Waals surface area contributed by atoms with Gasteiger partial charge < -0.3 is 20.6 Å². The van der Waals surface area contributed by atoms with Crippen LogP contribution in [-0.2, 0) is 4.79 Å². The molecule has 1 amide bonds. The molecule has 0 saturated heterocycles. The van der Waals surface area contributed by atoms with Crippen molar-refractivity contribution < 1.29 is 20.1 Å². The quantitative estimate of drug-likeness (QED) is 0.0454. The van der Waals surface area contributed by atoms with E-state index in [0.29, 0.717) is 6.42 Å². The van der Waals surface area contributed by atoms with Gasteiger partial charge in [-0.15, -0.1) is 0 Å². The standard InChI is InChI=1S/C38H71NO4/c1-3-5-7-9-11-13-15-17-18-20-21-23-25-27-29-31-35(41)33-38(43)39-36(34-40)37(42)32-30-28-26-24-22-19-16-14-12-10-8-6-4-2/h12,14,22,24,30,32,35-37,40-42H,3-11,13,15-21,23,25-29,31,33-34H2,1-2H3,(H,39,43)/b14-12+,24-22+,32-30+. The summed E-state index contributed by atoms with van der Waals surface area (Å²) in [5, 5.41) is 33.0. The summed E-state index contributed by atoms with van der Waals surface area (Å²) >= 11 is 0. The van der Waals surface area contributed by atoms with Crippen molar-refractivity contribution >= 4 is 5.91 Å². The van der Waals surface area contributed by atoms with Crippen molar-refractivity contribution in [2.75, 3.05) is 6.61 Å². The molecule has 0 aromatic carbocycles. The van der Waals surface area contributed by atoms with Gasteiger partial charge in [0.1, 0.15) is 0 Å². The van der Waals surface area contributed by atoms with Crippen molar-refractivity contribution in [3.05, 3.63) is 36.5 Å². The Morgan fingerprint density at radius 1 is 0.581 bits per heavy atom. The number of rotatable bonds is 32. The SMILES string of the molecule is CCCCC/C=C/CC/C=C/CC/C=C/C(O)C(CO)NC(=O)CC(O)CCCCCCCCCCCCCCCCC. The topological polar surface area (TPSA) is 89.8 Å². The Labute approximate surface area is 266 Å². The lowest BCUT2D eigenvalue weighted by atomic mass is 10.0. The van der Waals surface area contributed by atoms with E-state index in [1.165, 1.54) is 109 Å². The number of allylic oxidation sites excluding steroid dienone is 5. The van der Waals surface area contributed by atoms with Crippen LogP contribution in [0.25, 0.3) is 0 Å². The third-order valence-corrected chi connectivity index (χ3v) is 8.16. The third kappa shape index (κ3) is 30.4. The zero-order chi connectivity index (χ0) is 31.6. The first-order valence-corrected chi connectivity index (χ1v) is 18.3. The molecule has 0 bridgehead atoms. The maximum atomic E-state index is 12.3. The predicted molar refractivity (Wildman–Crippen MR) is 185 cm³/mol. The minimum Gasteiger partial charge on any atom is -0.394 e. The highest BCUT2D eigenvalue weighted by molar-refractivity contribution is 5.76. The van der Waals surface area contributed by atoms with Crippen molar-refractivity contribution in [3.63, 3.8) is 0 Å². The molecule has 3 unspecified atom stereocenters. The van der Waals surface area contributed by atoms with Crippen LogP contribution in [0.3, 0.4) is 0 Å². The average molecular weight is 606 g/mol. The number of unbranched alkanes of at least 4 members (excludes halogenated alkanes) is 19. The summed E-state index contributed by atoms with van der Waals surface area (Å²) in [5.74, 6) is -0.331. The van der Waals surface area contributed by atoms with Crippen LogP contribution < -0.4 is 5.32 Å². The Morgan fingerprint density at radius 3 is 1.49 bits per heavy atom. The van der Waals surface area contributed by atoms with E-state index in [9.17, 15) is 20.1 Å². The number of carbonyl (C=O) groups is 1. The fourth-order valence-electron chi connectivity index (χ4n) is 5.31. The summed E-state index contributed by atoms with van der Waals surface area (Å²) in [7, 11) is 0. The number of carbonyl (C=O) groups excluding carboxylic acids is 1. The lowest BCUT2D eigenvalue weighted by Crippen LogP contribution is -2.45. The van der Waals surface area contributed by atoms with E-state index < -0.39 is 18.2 Å². The van der Waals surface area contributed by atoms with E-state index in [0.717, 1.165) is 38.5 Å². The Balaban J connectivity index is 3.79. The predicted octanol–water partition coefficient (Wildman–Crippen LogP) is 9.65. The van der Waals surface area contributed by atoms with Crippen molar-refractivity contribution in [1.29, 1.82) is 0 Å². The summed E-state index contributed by atoms with van der Waals surface area (Å²) in [6.45, 7) is 4.14. The van der Waals surface area contributed by atoms with E-state index in [1.54, 1.807) is 6.08 Å². The second-order valence-electron chi connectivity index (χ2n) is 12.5. The first-order chi connectivity index (χ1) is 21.0. The van der Waals surface area contributed by atoms with Crippen LogP contribution in [-0.4, -0.2) is 46.1 Å². The molecule has 0 aliphatic heterocycles. The number of hydrogen-bond acceptors (Lipinski definition) is 4. The number of hydrogen-bond donors (Lipinski definition) is 4. The van der Waals surface area contributed by atoms with Gasteiger partial charge in [0.15, 0.2) is 0 Å². The first-order valence-electron chi connectivity index (χ1n) is 18.3. The van der Waals surface area contributed by atoms with Gasteiger partial charge in [0, 0.05) is 0 Å². The molecule has 252 valence electrons. The van der Waals surface area contributed by atoms with Crippen LogP contribution in [0.2, 0.25) is 0 Å². The fraction of sp³-hybridized carbons (Fsp3) is 0.816. The van der Waals surface area contributed by atoms with E-state index in [1.807, 2.05) is 6.08 Å². The third-order valence-electron chi connectivity index (χ3n) is 8.16. The van der Waals surface area contributed by atoms with Gasteiger partial charge in [0.05, 0.1) is 31.3 Å². The van der Waals surface area contributed by atoms with Gasteiger partial charge in [-0.25, -0.2) is 0 Å². The highest BCUT2D eigenvalue weighted by Crippen LogP contribution is 2.15. The Bertz CT molecular complexity index is 675. The highest BCUT2D eigenvalue weighted by Gasteiger charge is 2.20. The van der Waals surface area contributed by atoms with Crippen molar-refractivity contribution in [2.45, 2.75) is 193 Å². The summed E-state index contributed by atoms with van der Waals surface area (Å²) in [6.07, 6.45) is 39.8. The van der Waals surface area contributed by atoms with Crippen LogP contribution in [0, 0.1) is 0 Å². The van der Waals surface area contributed by atoms with Crippen LogP contribution in [0.15, 0.2) is 36.5 Å². The summed E-state index contributed by atoms with van der Waals surface area (Å²) in [5.41, 5.74) is 0. The van der Waals surface area contributed by atoms with Gasteiger partial charge >= 0.3 is 0 Å². The summed E-state index contributed by atoms with van der Waals surface area (Å²) in [6, 6.07) is -0.763. The number of amides is 1. The van der Waals surface area contributed by atoms with Gasteiger partial charge in [0.2, 0.25) is 5.91 Å². The minimum atomic E-state index is -0.955. The maximum Gasteiger partial charge on any atom is 0.222 e. The van der Waals surface area contributed by atoms with Gasteiger partial charge in [-0.1, -0.05) is 159 Å². The molecule has 3 atom stereocenters. The summed E-state index contributed by atoms with van der Waals surface area (Å²) in [4.78, 5) is 12.3. The fourth-order valence-corrected chi connectivity index (χ4v) is 5.31. The molecular weight excluding hydrogens is 534 g/mol. The molecule has 0 spiro atoms. The number of aliphatic hydroxyl groups excluding tert-OH is 3. The largest absolute Gasteiger partial charge is 0.394 e. The van der Waals surface area contributed by atoms with E-state index in [2.05, 4.69) is 43.5 Å². The Hall–Kier alpha value is -1.43. The van der Waals surface area contributed by atoms with Gasteiger partial charge in [0.25, 0.3) is 0 Å². The monoisotopic (exact) mass is 606 g/mol. The van der Waals surface area contributed by atoms with Gasteiger partial charge in [-0.2, -0.15) is 0 Å². The molecule has 0 heterocycles. The number of nitrogens with one attached hydrogen (secondary N) is 1. The first kappa shape index (κ1) is 41.6. The molecule has 0 rings (SSSR count). The Kier molecular flexibility index (Phi) is 32.3. The van der Waals surface area contributed by atoms with Crippen LogP contribution in [0.4, 0.5) is 0 Å². The molecule has 0 aliphatic carbocycles. The lowest BCUT2D eigenvalue weighted by molar-refractivity contribution is -0.124. The molecular formula is C38H71NO4. The van der Waals surface area contributed by atoms with Crippen LogP contribution >= 0.6 is 0 Å². The zero-order valence-electron chi connectivity index (χ0n) is 28.3. The highest BCUT2D eigenvalue weighted by atomic mass is 16.3. The van der Waals surface area contributed by atoms with Crippen molar-refractivity contribution in [2.24, 2.45) is 0 Å². The molecule has 0 aromatic heterocycles. The smallest absolute Gasteiger partial charge is 0.222 e. The number of aliphatic hydroxyl groups is 3.